The zero-order chi connectivity index (χ0) is 16.9. The number of ether oxygens (including phenoxy) is 1. The van der Waals surface area contributed by atoms with Crippen LogP contribution in [0, 0.1) is 0 Å². The molecule has 2 N–H and O–H groups in total. The molecule has 0 aromatic carbocycles. The molecule has 2 rings (SSSR count). The van der Waals surface area contributed by atoms with Gasteiger partial charge in [0.1, 0.15) is 11.2 Å². The highest BCUT2D eigenvalue weighted by Gasteiger charge is 2.26. The average Bonchev–Trinajstić information content (AvgIpc) is 3.06. The summed E-state index contributed by atoms with van der Waals surface area (Å²) >= 11 is 1.37. The maximum atomic E-state index is 12.2. The van der Waals surface area contributed by atoms with Crippen LogP contribution in [0.5, 0.6) is 5.88 Å². The van der Waals surface area contributed by atoms with Crippen LogP contribution in [0.3, 0.4) is 0 Å². The highest BCUT2D eigenvalue weighted by molar-refractivity contribution is 7.10. The van der Waals surface area contributed by atoms with Crippen molar-refractivity contribution in [2.75, 3.05) is 13.2 Å². The summed E-state index contributed by atoms with van der Waals surface area (Å²) in [4.78, 5) is 16.7. The minimum absolute atomic E-state index is 0.0322. The first-order valence-corrected chi connectivity index (χ1v) is 7.68. The quantitative estimate of drug-likeness (QED) is 0.811. The van der Waals surface area contributed by atoms with Crippen LogP contribution in [0.25, 0.3) is 0 Å². The molecule has 2 aromatic rings. The number of nitrogens with zero attached hydrogens (tertiary/aromatic N) is 1. The monoisotopic (exact) mass is 342 g/mol. The Morgan fingerprint density at radius 1 is 1.48 bits per heavy atom. The molecule has 1 unspecified atom stereocenters. The van der Waals surface area contributed by atoms with Crippen molar-refractivity contribution in [1.82, 2.24) is 10.3 Å². The summed E-state index contributed by atoms with van der Waals surface area (Å²) < 4.78 is 29.3. The molecule has 124 valence electrons. The molecule has 5 nitrogen and oxygen atoms in total. The minimum Gasteiger partial charge on any atom is -0.471 e. The lowest BCUT2D eigenvalue weighted by Crippen LogP contribution is -2.38. The number of aromatic nitrogens is 1. The van der Waals surface area contributed by atoms with Gasteiger partial charge in [0.05, 0.1) is 6.54 Å². The summed E-state index contributed by atoms with van der Waals surface area (Å²) in [5.41, 5.74) is -1.19. The second kappa shape index (κ2) is 7.47. The Hall–Kier alpha value is -2.06. The standard InChI is InChI=1S/C15H16F2N2O3S/c1-15(21,11-5-3-7-23-11)9-19-13(20)10-4-2-6-18-14(10)22-8-12(16)17/h2-7,12,21H,8-9H2,1H3,(H,19,20). The Morgan fingerprint density at radius 3 is 2.91 bits per heavy atom. The molecule has 0 radical (unpaired) electrons. The number of pyridine rings is 1. The summed E-state index contributed by atoms with van der Waals surface area (Å²) in [6, 6.07) is 6.48. The van der Waals surface area contributed by atoms with Gasteiger partial charge in [-0.25, -0.2) is 13.8 Å². The zero-order valence-corrected chi connectivity index (χ0v) is 13.1. The van der Waals surface area contributed by atoms with Crippen LogP contribution in [0.4, 0.5) is 8.78 Å². The van der Waals surface area contributed by atoms with Crippen LogP contribution >= 0.6 is 11.3 Å². The smallest absolute Gasteiger partial charge is 0.272 e. The Labute approximate surface area is 135 Å². The fourth-order valence-electron chi connectivity index (χ4n) is 1.84. The van der Waals surface area contributed by atoms with E-state index in [1.807, 2.05) is 5.38 Å². The van der Waals surface area contributed by atoms with Crippen LogP contribution in [0.1, 0.15) is 22.2 Å². The highest BCUT2D eigenvalue weighted by Crippen LogP contribution is 2.24. The molecule has 0 saturated heterocycles. The predicted molar refractivity (Wildman–Crippen MR) is 82.0 cm³/mol. The molecule has 2 aromatic heterocycles. The van der Waals surface area contributed by atoms with Gasteiger partial charge in [0.15, 0.2) is 6.61 Å². The van der Waals surface area contributed by atoms with E-state index in [0.717, 1.165) is 0 Å². The molecule has 23 heavy (non-hydrogen) atoms. The van der Waals surface area contributed by atoms with Crippen LogP contribution in [0.15, 0.2) is 35.8 Å². The number of nitrogens with one attached hydrogen (secondary N) is 1. The van der Waals surface area contributed by atoms with Gasteiger partial charge in [-0.1, -0.05) is 6.07 Å². The molecule has 8 heteroatoms. The van der Waals surface area contributed by atoms with E-state index in [1.54, 1.807) is 19.1 Å². The Balaban J connectivity index is 2.03. The first-order chi connectivity index (χ1) is 10.9. The lowest BCUT2D eigenvalue weighted by Gasteiger charge is -2.22. The molecule has 0 saturated carbocycles. The number of carbonyl (C=O) groups excluding carboxylic acids is 1. The van der Waals surface area contributed by atoms with Crippen molar-refractivity contribution < 1.29 is 23.4 Å². The van der Waals surface area contributed by atoms with E-state index in [1.165, 1.54) is 29.7 Å². The molecule has 0 spiro atoms. The first kappa shape index (κ1) is 17.3. The zero-order valence-electron chi connectivity index (χ0n) is 12.3. The topological polar surface area (TPSA) is 71.5 Å². The third-order valence-corrected chi connectivity index (χ3v) is 4.13. The molecule has 1 atom stereocenters. The van der Waals surface area contributed by atoms with Gasteiger partial charge in [-0.15, -0.1) is 11.3 Å². The molecular weight excluding hydrogens is 326 g/mol. The van der Waals surface area contributed by atoms with Crippen LogP contribution in [-0.4, -0.2) is 35.6 Å². The summed E-state index contributed by atoms with van der Waals surface area (Å²) in [6.07, 6.45) is -1.31. The first-order valence-electron chi connectivity index (χ1n) is 6.80. The summed E-state index contributed by atoms with van der Waals surface area (Å²) in [5, 5.41) is 14.8. The number of amides is 1. The van der Waals surface area contributed by atoms with E-state index in [-0.39, 0.29) is 18.0 Å². The van der Waals surface area contributed by atoms with Crippen LogP contribution < -0.4 is 10.1 Å². The lowest BCUT2D eigenvalue weighted by atomic mass is 10.1. The van der Waals surface area contributed by atoms with Crippen molar-refractivity contribution in [1.29, 1.82) is 0 Å². The summed E-state index contributed by atoms with van der Waals surface area (Å²) in [7, 11) is 0. The number of alkyl halides is 2. The second-order valence-electron chi connectivity index (χ2n) is 4.99. The third-order valence-electron chi connectivity index (χ3n) is 3.01. The maximum absolute atomic E-state index is 12.2. The van der Waals surface area contributed by atoms with E-state index < -0.39 is 24.5 Å². The molecular formula is C15H16F2N2O3S. The number of rotatable bonds is 7. The molecule has 1 amide bonds. The molecule has 0 aliphatic rings. The molecule has 0 aliphatic carbocycles. The van der Waals surface area contributed by atoms with Crippen molar-refractivity contribution >= 4 is 17.2 Å². The van der Waals surface area contributed by atoms with Crippen molar-refractivity contribution in [3.8, 4) is 5.88 Å². The van der Waals surface area contributed by atoms with E-state index in [4.69, 9.17) is 4.74 Å². The molecule has 2 heterocycles. The summed E-state index contributed by atoms with van der Waals surface area (Å²) in [5.74, 6) is -0.722. The van der Waals surface area contributed by atoms with Gasteiger partial charge in [0.25, 0.3) is 12.3 Å². The molecule has 0 aliphatic heterocycles. The predicted octanol–water partition coefficient (Wildman–Crippen LogP) is 2.42. The van der Waals surface area contributed by atoms with Crippen molar-refractivity contribution in [3.05, 3.63) is 46.3 Å². The third kappa shape index (κ3) is 4.70. The van der Waals surface area contributed by atoms with Gasteiger partial charge in [-0.05, 0) is 30.5 Å². The molecule has 0 bridgehead atoms. The van der Waals surface area contributed by atoms with Crippen LogP contribution in [0.2, 0.25) is 0 Å². The SMILES string of the molecule is CC(O)(CNC(=O)c1cccnc1OCC(F)F)c1cccs1. The highest BCUT2D eigenvalue weighted by atomic mass is 32.1. The number of thiophene rings is 1. The van der Waals surface area contributed by atoms with Crippen molar-refractivity contribution in [3.63, 3.8) is 0 Å². The van der Waals surface area contributed by atoms with Gasteiger partial charge in [0.2, 0.25) is 5.88 Å². The number of halogens is 2. The number of hydrogen-bond acceptors (Lipinski definition) is 5. The maximum Gasteiger partial charge on any atom is 0.272 e. The Bertz CT molecular complexity index is 648. The average molecular weight is 342 g/mol. The minimum atomic E-state index is -2.66. The van der Waals surface area contributed by atoms with E-state index in [9.17, 15) is 18.7 Å². The number of carbonyl (C=O) groups is 1. The van der Waals surface area contributed by atoms with E-state index >= 15 is 0 Å². The normalized spacial score (nSPS) is 13.6. The van der Waals surface area contributed by atoms with Gasteiger partial charge >= 0.3 is 0 Å². The second-order valence-corrected chi connectivity index (χ2v) is 5.94. The fourth-order valence-corrected chi connectivity index (χ4v) is 2.63. The van der Waals surface area contributed by atoms with Crippen molar-refractivity contribution in [2.24, 2.45) is 0 Å². The number of aliphatic hydroxyl groups is 1. The Morgan fingerprint density at radius 2 is 2.26 bits per heavy atom. The van der Waals surface area contributed by atoms with Gasteiger partial charge in [-0.3, -0.25) is 4.79 Å². The Kier molecular flexibility index (Phi) is 5.62. The van der Waals surface area contributed by atoms with E-state index in [2.05, 4.69) is 10.3 Å². The largest absolute Gasteiger partial charge is 0.471 e. The van der Waals surface area contributed by atoms with Gasteiger partial charge in [-0.2, -0.15) is 0 Å². The van der Waals surface area contributed by atoms with Crippen LogP contribution in [-0.2, 0) is 5.60 Å². The fraction of sp³-hybridized carbons (Fsp3) is 0.333. The lowest BCUT2D eigenvalue weighted by molar-refractivity contribution is 0.0551. The van der Waals surface area contributed by atoms with Gasteiger partial charge < -0.3 is 15.2 Å². The van der Waals surface area contributed by atoms with Gasteiger partial charge in [0, 0.05) is 11.1 Å². The number of hydrogen-bond donors (Lipinski definition) is 2. The van der Waals surface area contributed by atoms with E-state index in [0.29, 0.717) is 4.88 Å². The summed E-state index contributed by atoms with van der Waals surface area (Å²) in [6.45, 7) is 0.705. The van der Waals surface area contributed by atoms with Crippen molar-refractivity contribution in [2.45, 2.75) is 19.0 Å². The molecule has 0 fully saturated rings.